The Morgan fingerprint density at radius 3 is 2.68 bits per heavy atom. The average Bonchev–Trinajstić information content (AvgIpc) is 2.99. The maximum absolute atomic E-state index is 12.8. The molecule has 1 heterocycles. The molecule has 134 valence electrons. The van der Waals surface area contributed by atoms with Gasteiger partial charge >= 0.3 is 6.09 Å². The highest BCUT2D eigenvalue weighted by atomic mass is 32.1. The summed E-state index contributed by atoms with van der Waals surface area (Å²) in [6.45, 7) is 4.53. The zero-order valence-electron chi connectivity index (χ0n) is 14.0. The normalized spacial score (nSPS) is 10.6. The van der Waals surface area contributed by atoms with E-state index in [2.05, 4.69) is 15.6 Å². The summed E-state index contributed by atoms with van der Waals surface area (Å²) in [6.07, 6.45) is -0.462. The largest absolute Gasteiger partial charge is 0.449 e. The lowest BCUT2D eigenvalue weighted by molar-refractivity contribution is -0.120. The molecule has 0 unspecified atom stereocenters. The summed E-state index contributed by atoms with van der Waals surface area (Å²) >= 11 is 1.23. The van der Waals surface area contributed by atoms with Crippen molar-refractivity contribution in [2.24, 2.45) is 5.92 Å². The summed E-state index contributed by atoms with van der Waals surface area (Å²) < 4.78 is 17.8. The van der Waals surface area contributed by atoms with Crippen molar-refractivity contribution in [1.29, 1.82) is 0 Å². The molecule has 0 bridgehead atoms. The highest BCUT2D eigenvalue weighted by Crippen LogP contribution is 2.16. The Balaban J connectivity index is 1.76. The van der Waals surface area contributed by atoms with E-state index in [4.69, 9.17) is 4.74 Å². The standard InChI is InChI=1S/C17H20FN3O3S/c1-11(2)9-24-17(23)21-16-20-14(10-25-16)7-15(22)19-8-12-3-5-13(18)6-4-12/h3-6,10-11H,7-9H2,1-2H3,(H,19,22)(H,20,21,23). The molecular weight excluding hydrogens is 345 g/mol. The van der Waals surface area contributed by atoms with Crippen molar-refractivity contribution >= 4 is 28.5 Å². The number of aromatic nitrogens is 1. The summed E-state index contributed by atoms with van der Waals surface area (Å²) in [5, 5.41) is 7.36. The van der Waals surface area contributed by atoms with Gasteiger partial charge in [0.1, 0.15) is 5.82 Å². The van der Waals surface area contributed by atoms with Gasteiger partial charge in [-0.2, -0.15) is 0 Å². The number of carbonyl (C=O) groups is 2. The minimum absolute atomic E-state index is 0.0976. The van der Waals surface area contributed by atoms with Gasteiger partial charge in [-0.1, -0.05) is 26.0 Å². The topological polar surface area (TPSA) is 80.3 Å². The van der Waals surface area contributed by atoms with Gasteiger partial charge < -0.3 is 10.1 Å². The van der Waals surface area contributed by atoms with Crippen molar-refractivity contribution in [3.8, 4) is 0 Å². The predicted octanol–water partition coefficient (Wildman–Crippen LogP) is 3.35. The van der Waals surface area contributed by atoms with E-state index in [0.29, 0.717) is 24.0 Å². The van der Waals surface area contributed by atoms with E-state index in [1.54, 1.807) is 17.5 Å². The van der Waals surface area contributed by atoms with Crippen molar-refractivity contribution in [2.45, 2.75) is 26.8 Å². The first-order valence-electron chi connectivity index (χ1n) is 7.81. The summed E-state index contributed by atoms with van der Waals surface area (Å²) in [7, 11) is 0. The third-order valence-electron chi connectivity index (χ3n) is 3.05. The first-order chi connectivity index (χ1) is 11.9. The van der Waals surface area contributed by atoms with Crippen LogP contribution in [0, 0.1) is 11.7 Å². The molecule has 2 aromatic rings. The lowest BCUT2D eigenvalue weighted by atomic mass is 10.2. The highest BCUT2D eigenvalue weighted by Gasteiger charge is 2.11. The number of amides is 2. The van der Waals surface area contributed by atoms with Gasteiger partial charge in [-0.15, -0.1) is 11.3 Å². The quantitative estimate of drug-likeness (QED) is 0.789. The molecule has 0 aliphatic heterocycles. The smallest absolute Gasteiger partial charge is 0.413 e. The van der Waals surface area contributed by atoms with Gasteiger partial charge in [0.25, 0.3) is 0 Å². The van der Waals surface area contributed by atoms with Crippen LogP contribution in [-0.2, 0) is 22.5 Å². The monoisotopic (exact) mass is 365 g/mol. The highest BCUT2D eigenvalue weighted by molar-refractivity contribution is 7.13. The number of benzene rings is 1. The predicted molar refractivity (Wildman–Crippen MR) is 93.9 cm³/mol. The van der Waals surface area contributed by atoms with Crippen LogP contribution in [0.15, 0.2) is 29.6 Å². The van der Waals surface area contributed by atoms with Gasteiger partial charge in [0.05, 0.1) is 18.7 Å². The summed E-state index contributed by atoms with van der Waals surface area (Å²) in [4.78, 5) is 27.7. The maximum Gasteiger partial charge on any atom is 0.413 e. The van der Waals surface area contributed by atoms with Gasteiger partial charge in [-0.3, -0.25) is 10.1 Å². The molecule has 25 heavy (non-hydrogen) atoms. The lowest BCUT2D eigenvalue weighted by Gasteiger charge is -2.06. The van der Waals surface area contributed by atoms with Crippen LogP contribution < -0.4 is 10.6 Å². The molecule has 2 rings (SSSR count). The average molecular weight is 365 g/mol. The molecule has 2 N–H and O–H groups in total. The van der Waals surface area contributed by atoms with Crippen LogP contribution in [0.25, 0.3) is 0 Å². The molecular formula is C17H20FN3O3S. The number of nitrogens with zero attached hydrogens (tertiary/aromatic N) is 1. The van der Waals surface area contributed by atoms with Crippen molar-refractivity contribution < 1.29 is 18.7 Å². The third kappa shape index (κ3) is 6.88. The van der Waals surface area contributed by atoms with Crippen molar-refractivity contribution in [2.75, 3.05) is 11.9 Å². The fraction of sp³-hybridized carbons (Fsp3) is 0.353. The first-order valence-corrected chi connectivity index (χ1v) is 8.69. The van der Waals surface area contributed by atoms with Gasteiger partial charge in [0.15, 0.2) is 5.13 Å². The Morgan fingerprint density at radius 2 is 2.00 bits per heavy atom. The van der Waals surface area contributed by atoms with Crippen molar-refractivity contribution in [3.63, 3.8) is 0 Å². The number of thiazole rings is 1. The maximum atomic E-state index is 12.8. The van der Waals surface area contributed by atoms with E-state index >= 15 is 0 Å². The lowest BCUT2D eigenvalue weighted by Crippen LogP contribution is -2.24. The fourth-order valence-electron chi connectivity index (χ4n) is 1.84. The van der Waals surface area contributed by atoms with Gasteiger partial charge in [0.2, 0.25) is 5.91 Å². The molecule has 0 spiro atoms. The zero-order chi connectivity index (χ0) is 18.2. The van der Waals surface area contributed by atoms with Gasteiger partial charge in [0, 0.05) is 11.9 Å². The molecule has 0 fully saturated rings. The minimum atomic E-state index is -0.560. The number of anilines is 1. The van der Waals surface area contributed by atoms with Crippen LogP contribution in [0.3, 0.4) is 0 Å². The van der Waals surface area contributed by atoms with E-state index < -0.39 is 6.09 Å². The zero-order valence-corrected chi connectivity index (χ0v) is 14.9. The molecule has 2 amide bonds. The number of halogens is 1. The Hall–Kier alpha value is -2.48. The second-order valence-electron chi connectivity index (χ2n) is 5.84. The molecule has 1 aromatic heterocycles. The number of ether oxygens (including phenoxy) is 1. The molecule has 8 heteroatoms. The van der Waals surface area contributed by atoms with Crippen LogP contribution in [0.2, 0.25) is 0 Å². The number of rotatable bonds is 7. The molecule has 0 aliphatic carbocycles. The van der Waals surface area contributed by atoms with Crippen molar-refractivity contribution in [3.05, 3.63) is 46.7 Å². The Morgan fingerprint density at radius 1 is 1.28 bits per heavy atom. The molecule has 1 aromatic carbocycles. The van der Waals surface area contributed by atoms with E-state index in [0.717, 1.165) is 5.56 Å². The number of hydrogen-bond donors (Lipinski definition) is 2. The SMILES string of the molecule is CC(C)COC(=O)Nc1nc(CC(=O)NCc2ccc(F)cc2)cs1. The first kappa shape index (κ1) is 18.9. The third-order valence-corrected chi connectivity index (χ3v) is 3.86. The summed E-state index contributed by atoms with van der Waals surface area (Å²) in [5.74, 6) is -0.268. The molecule has 6 nitrogen and oxygen atoms in total. The Labute approximate surface area is 149 Å². The van der Waals surface area contributed by atoms with Crippen LogP contribution >= 0.6 is 11.3 Å². The van der Waals surface area contributed by atoms with Crippen LogP contribution in [0.1, 0.15) is 25.1 Å². The minimum Gasteiger partial charge on any atom is -0.449 e. The summed E-state index contributed by atoms with van der Waals surface area (Å²) in [5.41, 5.74) is 1.36. The summed E-state index contributed by atoms with van der Waals surface area (Å²) in [6, 6.07) is 5.92. The van der Waals surface area contributed by atoms with Gasteiger partial charge in [-0.25, -0.2) is 14.2 Å². The number of nitrogens with one attached hydrogen (secondary N) is 2. The number of hydrogen-bond acceptors (Lipinski definition) is 5. The van der Waals surface area contributed by atoms with E-state index in [1.807, 2.05) is 13.8 Å². The van der Waals surface area contributed by atoms with Crippen molar-refractivity contribution in [1.82, 2.24) is 10.3 Å². The molecule has 0 saturated heterocycles. The van der Waals surface area contributed by atoms with E-state index in [9.17, 15) is 14.0 Å². The Kier molecular flexibility index (Phi) is 6.88. The van der Waals surface area contributed by atoms with Crippen LogP contribution in [0.4, 0.5) is 14.3 Å². The van der Waals surface area contributed by atoms with Crippen LogP contribution in [-0.4, -0.2) is 23.6 Å². The van der Waals surface area contributed by atoms with Crippen LogP contribution in [0.5, 0.6) is 0 Å². The second-order valence-corrected chi connectivity index (χ2v) is 6.70. The number of carbonyl (C=O) groups excluding carboxylic acids is 2. The van der Waals surface area contributed by atoms with E-state index in [-0.39, 0.29) is 24.1 Å². The molecule has 0 saturated carbocycles. The molecule has 0 atom stereocenters. The second kappa shape index (κ2) is 9.12. The Bertz CT molecular complexity index is 716. The molecule has 0 radical (unpaired) electrons. The van der Waals surface area contributed by atoms with Gasteiger partial charge in [-0.05, 0) is 23.6 Å². The fourth-order valence-corrected chi connectivity index (χ4v) is 2.54. The van der Waals surface area contributed by atoms with E-state index in [1.165, 1.54) is 23.5 Å². The molecule has 0 aliphatic rings.